The molecule has 16 heavy (non-hydrogen) atoms. The van der Waals surface area contributed by atoms with Gasteiger partial charge in [0.2, 0.25) is 5.91 Å². The van der Waals surface area contributed by atoms with Gasteiger partial charge in [0.25, 0.3) is 0 Å². The van der Waals surface area contributed by atoms with Crippen molar-refractivity contribution in [3.05, 3.63) is 0 Å². The second-order valence-electron chi connectivity index (χ2n) is 4.65. The van der Waals surface area contributed by atoms with E-state index in [2.05, 4.69) is 16.0 Å². The van der Waals surface area contributed by atoms with E-state index < -0.39 is 0 Å². The van der Waals surface area contributed by atoms with Gasteiger partial charge in [0.15, 0.2) is 0 Å². The Morgan fingerprint density at radius 2 is 1.94 bits per heavy atom. The molecule has 1 fully saturated rings. The van der Waals surface area contributed by atoms with Gasteiger partial charge in [-0.15, -0.1) is 0 Å². The smallest absolute Gasteiger partial charge is 0.315 e. The quantitative estimate of drug-likeness (QED) is 0.644. The molecule has 5 heteroatoms. The molecule has 0 heterocycles. The largest absolute Gasteiger partial charge is 0.354 e. The van der Waals surface area contributed by atoms with E-state index in [9.17, 15) is 9.59 Å². The normalized spacial score (nSPS) is 15.4. The summed E-state index contributed by atoms with van der Waals surface area (Å²) >= 11 is 0. The van der Waals surface area contributed by atoms with Crippen LogP contribution in [0, 0.1) is 5.92 Å². The van der Waals surface area contributed by atoms with Crippen LogP contribution in [0.5, 0.6) is 0 Å². The molecule has 0 radical (unpaired) electrons. The van der Waals surface area contributed by atoms with Gasteiger partial charge in [0.1, 0.15) is 0 Å². The molecule has 0 spiro atoms. The van der Waals surface area contributed by atoms with E-state index in [1.54, 1.807) is 0 Å². The van der Waals surface area contributed by atoms with Crippen LogP contribution in [0.2, 0.25) is 0 Å². The first-order valence-corrected chi connectivity index (χ1v) is 5.89. The Bertz CT molecular complexity index is 250. The summed E-state index contributed by atoms with van der Waals surface area (Å²) in [6, 6.07) is 0.0584. The summed E-state index contributed by atoms with van der Waals surface area (Å²) in [6.45, 7) is 4.74. The number of urea groups is 1. The molecule has 0 saturated heterocycles. The van der Waals surface area contributed by atoms with Crippen molar-refractivity contribution in [2.75, 3.05) is 13.1 Å². The van der Waals surface area contributed by atoms with Gasteiger partial charge < -0.3 is 16.0 Å². The van der Waals surface area contributed by atoms with Gasteiger partial charge in [-0.1, -0.05) is 13.8 Å². The molecule has 1 aliphatic carbocycles. The van der Waals surface area contributed by atoms with E-state index in [1.807, 2.05) is 13.8 Å². The molecular weight excluding hydrogens is 206 g/mol. The molecule has 1 saturated carbocycles. The minimum absolute atomic E-state index is 0.0469. The zero-order valence-electron chi connectivity index (χ0n) is 10.0. The summed E-state index contributed by atoms with van der Waals surface area (Å²) < 4.78 is 0. The number of hydrogen-bond donors (Lipinski definition) is 3. The van der Waals surface area contributed by atoms with Gasteiger partial charge in [0, 0.05) is 12.6 Å². The van der Waals surface area contributed by atoms with Crippen molar-refractivity contribution >= 4 is 11.9 Å². The van der Waals surface area contributed by atoms with E-state index in [-0.39, 0.29) is 18.5 Å². The third-order valence-corrected chi connectivity index (χ3v) is 2.56. The standard InChI is InChI=1S/C11H21N3O2/c1-8(2)6-12-10(15)7-13-11(16)14-9-4-3-5-9/h8-9H,3-7H2,1-2H3,(H,12,15)(H2,13,14,16). The predicted molar refractivity (Wildman–Crippen MR) is 62.0 cm³/mol. The average Bonchev–Trinajstić information content (AvgIpc) is 2.17. The van der Waals surface area contributed by atoms with Crippen molar-refractivity contribution < 1.29 is 9.59 Å². The Kier molecular flexibility index (Phi) is 5.08. The molecule has 0 bridgehead atoms. The predicted octanol–water partition coefficient (Wildman–Crippen LogP) is 0.610. The zero-order valence-corrected chi connectivity index (χ0v) is 10.0. The summed E-state index contributed by atoms with van der Waals surface area (Å²) in [5.41, 5.74) is 0. The first-order valence-electron chi connectivity index (χ1n) is 5.89. The van der Waals surface area contributed by atoms with E-state index in [0.29, 0.717) is 18.5 Å². The van der Waals surface area contributed by atoms with E-state index in [4.69, 9.17) is 0 Å². The molecular formula is C11H21N3O2. The SMILES string of the molecule is CC(C)CNC(=O)CNC(=O)NC1CCC1. The minimum atomic E-state index is -0.246. The van der Waals surface area contributed by atoms with Gasteiger partial charge in [-0.2, -0.15) is 0 Å². The molecule has 0 atom stereocenters. The highest BCUT2D eigenvalue weighted by Crippen LogP contribution is 2.17. The van der Waals surface area contributed by atoms with Crippen LogP contribution in [-0.2, 0) is 4.79 Å². The molecule has 3 N–H and O–H groups in total. The summed E-state index contributed by atoms with van der Waals surface area (Å²) in [5, 5.41) is 8.09. The highest BCUT2D eigenvalue weighted by Gasteiger charge is 2.19. The Hall–Kier alpha value is -1.26. The molecule has 0 aliphatic heterocycles. The highest BCUT2D eigenvalue weighted by molar-refractivity contribution is 5.83. The summed E-state index contributed by atoms with van der Waals surface area (Å²) in [5.74, 6) is 0.283. The van der Waals surface area contributed by atoms with Crippen LogP contribution >= 0.6 is 0 Å². The minimum Gasteiger partial charge on any atom is -0.354 e. The van der Waals surface area contributed by atoms with Gasteiger partial charge in [-0.25, -0.2) is 4.79 Å². The monoisotopic (exact) mass is 227 g/mol. The van der Waals surface area contributed by atoms with Gasteiger partial charge in [-0.3, -0.25) is 4.79 Å². The molecule has 3 amide bonds. The first-order chi connectivity index (χ1) is 7.58. The topological polar surface area (TPSA) is 70.2 Å². The molecule has 5 nitrogen and oxygen atoms in total. The lowest BCUT2D eigenvalue weighted by Gasteiger charge is -2.26. The lowest BCUT2D eigenvalue weighted by Crippen LogP contribution is -2.48. The van der Waals surface area contributed by atoms with Crippen LogP contribution in [-0.4, -0.2) is 31.1 Å². The van der Waals surface area contributed by atoms with Crippen molar-refractivity contribution in [2.24, 2.45) is 5.92 Å². The average molecular weight is 227 g/mol. The van der Waals surface area contributed by atoms with Gasteiger partial charge in [-0.05, 0) is 25.2 Å². The Morgan fingerprint density at radius 3 is 2.44 bits per heavy atom. The Labute approximate surface area is 96.4 Å². The first kappa shape index (κ1) is 12.8. The fourth-order valence-corrected chi connectivity index (χ4v) is 1.33. The molecule has 1 rings (SSSR count). The summed E-state index contributed by atoms with van der Waals surface area (Å²) in [6.07, 6.45) is 3.28. The van der Waals surface area contributed by atoms with Gasteiger partial charge >= 0.3 is 6.03 Å². The van der Waals surface area contributed by atoms with Crippen LogP contribution in [0.3, 0.4) is 0 Å². The van der Waals surface area contributed by atoms with Crippen molar-refractivity contribution in [3.63, 3.8) is 0 Å². The third-order valence-electron chi connectivity index (χ3n) is 2.56. The Balaban J connectivity index is 2.03. The number of nitrogens with one attached hydrogen (secondary N) is 3. The van der Waals surface area contributed by atoms with Crippen molar-refractivity contribution in [1.82, 2.24) is 16.0 Å². The van der Waals surface area contributed by atoms with Crippen LogP contribution in [0.15, 0.2) is 0 Å². The summed E-state index contributed by atoms with van der Waals surface area (Å²) in [4.78, 5) is 22.6. The van der Waals surface area contributed by atoms with Crippen LogP contribution in [0.25, 0.3) is 0 Å². The molecule has 0 aromatic heterocycles. The van der Waals surface area contributed by atoms with E-state index >= 15 is 0 Å². The second kappa shape index (κ2) is 6.35. The number of amides is 3. The number of carbonyl (C=O) groups is 2. The molecule has 0 aromatic carbocycles. The number of hydrogen-bond acceptors (Lipinski definition) is 2. The van der Waals surface area contributed by atoms with Crippen molar-refractivity contribution in [2.45, 2.75) is 39.2 Å². The fourth-order valence-electron chi connectivity index (χ4n) is 1.33. The number of carbonyl (C=O) groups excluding carboxylic acids is 2. The van der Waals surface area contributed by atoms with Crippen LogP contribution in [0.4, 0.5) is 4.79 Å². The molecule has 0 aromatic rings. The van der Waals surface area contributed by atoms with Crippen LogP contribution < -0.4 is 16.0 Å². The lowest BCUT2D eigenvalue weighted by atomic mass is 9.93. The fraction of sp³-hybridized carbons (Fsp3) is 0.818. The molecule has 0 unspecified atom stereocenters. The van der Waals surface area contributed by atoms with Gasteiger partial charge in [0.05, 0.1) is 6.54 Å². The van der Waals surface area contributed by atoms with Crippen molar-refractivity contribution in [1.29, 1.82) is 0 Å². The maximum absolute atomic E-state index is 11.3. The van der Waals surface area contributed by atoms with E-state index in [1.165, 1.54) is 6.42 Å². The van der Waals surface area contributed by atoms with Crippen molar-refractivity contribution in [3.8, 4) is 0 Å². The third kappa shape index (κ3) is 5.00. The molecule has 1 aliphatic rings. The number of rotatable bonds is 5. The lowest BCUT2D eigenvalue weighted by molar-refractivity contribution is -0.120. The van der Waals surface area contributed by atoms with Crippen LogP contribution in [0.1, 0.15) is 33.1 Å². The Morgan fingerprint density at radius 1 is 1.25 bits per heavy atom. The zero-order chi connectivity index (χ0) is 12.0. The maximum Gasteiger partial charge on any atom is 0.315 e. The second-order valence-corrected chi connectivity index (χ2v) is 4.65. The highest BCUT2D eigenvalue weighted by atomic mass is 16.2. The maximum atomic E-state index is 11.3. The molecule has 92 valence electrons. The summed E-state index contributed by atoms with van der Waals surface area (Å²) in [7, 11) is 0. The van der Waals surface area contributed by atoms with E-state index in [0.717, 1.165) is 12.8 Å².